The number of carbonyl (C=O) groups excluding carboxylic acids is 1. The van der Waals surface area contributed by atoms with E-state index in [1.807, 2.05) is 25.6 Å². The molecule has 124 valence electrons. The Hall–Kier alpha value is -1.66. The molecule has 1 atom stereocenters. The lowest BCUT2D eigenvalue weighted by atomic mass is 10.0. The van der Waals surface area contributed by atoms with Gasteiger partial charge in [0.2, 0.25) is 5.91 Å². The Bertz CT molecular complexity index is 588. The van der Waals surface area contributed by atoms with Crippen LogP contribution in [0.1, 0.15) is 30.7 Å². The van der Waals surface area contributed by atoms with Crippen molar-refractivity contribution in [2.24, 2.45) is 0 Å². The summed E-state index contributed by atoms with van der Waals surface area (Å²) in [5.41, 5.74) is 0. The topological polar surface area (TPSA) is 50.2 Å². The van der Waals surface area contributed by atoms with Crippen molar-refractivity contribution < 1.29 is 4.79 Å². The molecule has 5 nitrogen and oxygen atoms in total. The lowest BCUT2D eigenvalue weighted by molar-refractivity contribution is -0.126. The molecule has 1 aliphatic rings. The molecule has 0 unspecified atom stereocenters. The number of imidazole rings is 1. The summed E-state index contributed by atoms with van der Waals surface area (Å²) >= 11 is 1.74. The highest BCUT2D eigenvalue weighted by Crippen LogP contribution is 2.23. The van der Waals surface area contributed by atoms with Crippen molar-refractivity contribution in [1.29, 1.82) is 0 Å². The van der Waals surface area contributed by atoms with E-state index in [4.69, 9.17) is 0 Å². The zero-order valence-electron chi connectivity index (χ0n) is 13.5. The first-order valence-corrected chi connectivity index (χ1v) is 9.13. The van der Waals surface area contributed by atoms with Crippen LogP contribution in [-0.2, 0) is 11.2 Å². The molecule has 1 aliphatic heterocycles. The maximum Gasteiger partial charge on any atom is 0.237 e. The van der Waals surface area contributed by atoms with E-state index in [2.05, 4.69) is 37.3 Å². The summed E-state index contributed by atoms with van der Waals surface area (Å²) in [6.07, 6.45) is 8.81. The number of piperidine rings is 1. The van der Waals surface area contributed by atoms with Gasteiger partial charge >= 0.3 is 0 Å². The summed E-state index contributed by atoms with van der Waals surface area (Å²) in [7, 11) is 0. The molecule has 3 heterocycles. The molecule has 2 aromatic heterocycles. The maximum absolute atomic E-state index is 12.3. The Balaban J connectivity index is 1.41. The van der Waals surface area contributed by atoms with Crippen LogP contribution in [0.25, 0.3) is 0 Å². The Morgan fingerprint density at radius 1 is 1.48 bits per heavy atom. The van der Waals surface area contributed by atoms with Crippen LogP contribution >= 0.6 is 11.3 Å². The number of amides is 1. The zero-order chi connectivity index (χ0) is 16.1. The molecular weight excluding hydrogens is 308 g/mol. The van der Waals surface area contributed by atoms with Gasteiger partial charge in [0.15, 0.2) is 0 Å². The quantitative estimate of drug-likeness (QED) is 0.883. The lowest BCUT2D eigenvalue weighted by Crippen LogP contribution is -2.48. The zero-order valence-corrected chi connectivity index (χ0v) is 14.3. The molecular formula is C17H24N4OS. The van der Waals surface area contributed by atoms with Crippen LogP contribution in [0.5, 0.6) is 0 Å². The van der Waals surface area contributed by atoms with Gasteiger partial charge in [0.25, 0.3) is 0 Å². The number of aromatic nitrogens is 2. The Kier molecular flexibility index (Phi) is 5.46. The normalized spacial score (nSPS) is 18.0. The maximum atomic E-state index is 12.3. The number of likely N-dealkylation sites (tertiary alicyclic amines) is 1. The van der Waals surface area contributed by atoms with E-state index in [1.54, 1.807) is 11.3 Å². The van der Waals surface area contributed by atoms with Crippen LogP contribution in [0.4, 0.5) is 0 Å². The molecule has 0 spiro atoms. The van der Waals surface area contributed by atoms with Crippen molar-refractivity contribution in [1.82, 2.24) is 19.8 Å². The summed E-state index contributed by atoms with van der Waals surface area (Å²) in [5.74, 6) is 0.141. The minimum atomic E-state index is -0.0536. The van der Waals surface area contributed by atoms with Crippen molar-refractivity contribution in [3.8, 4) is 0 Å². The minimum Gasteiger partial charge on any atom is -0.354 e. The number of rotatable bonds is 6. The lowest BCUT2D eigenvalue weighted by Gasteiger charge is -2.35. The van der Waals surface area contributed by atoms with Gasteiger partial charge in [-0.1, -0.05) is 6.07 Å². The smallest absolute Gasteiger partial charge is 0.237 e. The molecule has 23 heavy (non-hydrogen) atoms. The fourth-order valence-corrected chi connectivity index (χ4v) is 3.84. The van der Waals surface area contributed by atoms with Crippen LogP contribution in [0.2, 0.25) is 0 Å². The number of nitrogens with one attached hydrogen (secondary N) is 1. The minimum absolute atomic E-state index is 0.0536. The van der Waals surface area contributed by atoms with Gasteiger partial charge in [-0.3, -0.25) is 9.69 Å². The van der Waals surface area contributed by atoms with Gasteiger partial charge in [0.05, 0.1) is 12.4 Å². The second kappa shape index (κ2) is 7.75. The highest BCUT2D eigenvalue weighted by atomic mass is 32.1. The molecule has 2 aromatic rings. The molecule has 0 aromatic carbocycles. The van der Waals surface area contributed by atoms with Gasteiger partial charge in [0, 0.05) is 42.9 Å². The molecule has 0 radical (unpaired) electrons. The molecule has 0 aliphatic carbocycles. The van der Waals surface area contributed by atoms with E-state index in [0.29, 0.717) is 6.04 Å². The Morgan fingerprint density at radius 3 is 2.96 bits per heavy atom. The highest BCUT2D eigenvalue weighted by Gasteiger charge is 2.26. The fraction of sp³-hybridized carbons (Fsp3) is 0.529. The second-order valence-corrected chi connectivity index (χ2v) is 7.11. The SMILES string of the molecule is C[C@H](C(=O)NCCc1cccs1)N1CCC(n2ccnc2)CC1. The first kappa shape index (κ1) is 16.2. The number of hydrogen-bond donors (Lipinski definition) is 1. The number of hydrogen-bond acceptors (Lipinski definition) is 4. The largest absolute Gasteiger partial charge is 0.354 e. The van der Waals surface area contributed by atoms with E-state index in [0.717, 1.165) is 38.9 Å². The molecule has 3 rings (SSSR count). The molecule has 1 N–H and O–H groups in total. The van der Waals surface area contributed by atoms with Crippen LogP contribution in [0, 0.1) is 0 Å². The van der Waals surface area contributed by atoms with Crippen LogP contribution in [-0.4, -0.2) is 46.0 Å². The van der Waals surface area contributed by atoms with Crippen molar-refractivity contribution in [3.63, 3.8) is 0 Å². The van der Waals surface area contributed by atoms with E-state index < -0.39 is 0 Å². The van der Waals surface area contributed by atoms with Gasteiger partial charge in [-0.25, -0.2) is 4.98 Å². The van der Waals surface area contributed by atoms with E-state index in [-0.39, 0.29) is 11.9 Å². The predicted octanol–water partition coefficient (Wildman–Crippen LogP) is 2.33. The van der Waals surface area contributed by atoms with Gasteiger partial charge < -0.3 is 9.88 Å². The van der Waals surface area contributed by atoms with Gasteiger partial charge in [-0.15, -0.1) is 11.3 Å². The predicted molar refractivity (Wildman–Crippen MR) is 92.6 cm³/mol. The van der Waals surface area contributed by atoms with Crippen LogP contribution in [0.3, 0.4) is 0 Å². The third kappa shape index (κ3) is 4.20. The van der Waals surface area contributed by atoms with E-state index >= 15 is 0 Å². The molecule has 1 amide bonds. The average Bonchev–Trinajstić information content (AvgIpc) is 3.28. The van der Waals surface area contributed by atoms with E-state index in [1.165, 1.54) is 4.88 Å². The Morgan fingerprint density at radius 2 is 2.30 bits per heavy atom. The molecule has 0 saturated carbocycles. The standard InChI is InChI=1S/C17H24N4OS/c1-14(17(22)19-7-4-16-3-2-12-23-16)20-9-5-15(6-10-20)21-11-8-18-13-21/h2-3,8,11-15H,4-7,9-10H2,1H3,(H,19,22)/t14-/m1/s1. The molecule has 1 saturated heterocycles. The summed E-state index contributed by atoms with van der Waals surface area (Å²) in [4.78, 5) is 20.0. The van der Waals surface area contributed by atoms with Crippen LogP contribution in [0.15, 0.2) is 36.2 Å². The summed E-state index contributed by atoms with van der Waals surface area (Å²) in [6, 6.07) is 4.63. The van der Waals surface area contributed by atoms with Crippen molar-refractivity contribution >= 4 is 17.2 Å². The van der Waals surface area contributed by atoms with E-state index in [9.17, 15) is 4.79 Å². The van der Waals surface area contributed by atoms with Crippen LogP contribution < -0.4 is 5.32 Å². The van der Waals surface area contributed by atoms with Gasteiger partial charge in [-0.2, -0.15) is 0 Å². The number of carbonyl (C=O) groups is 1. The first-order chi connectivity index (χ1) is 11.2. The van der Waals surface area contributed by atoms with Gasteiger partial charge in [0.1, 0.15) is 0 Å². The number of nitrogens with zero attached hydrogens (tertiary/aromatic N) is 3. The third-order valence-electron chi connectivity index (χ3n) is 4.62. The first-order valence-electron chi connectivity index (χ1n) is 8.25. The third-order valence-corrected chi connectivity index (χ3v) is 5.56. The molecule has 1 fully saturated rings. The highest BCUT2D eigenvalue weighted by molar-refractivity contribution is 7.09. The summed E-state index contributed by atoms with van der Waals surface area (Å²) in [5, 5.41) is 5.14. The van der Waals surface area contributed by atoms with Gasteiger partial charge in [-0.05, 0) is 37.6 Å². The van der Waals surface area contributed by atoms with Crippen molar-refractivity contribution in [2.45, 2.75) is 38.3 Å². The van der Waals surface area contributed by atoms with Crippen molar-refractivity contribution in [3.05, 3.63) is 41.1 Å². The molecule has 0 bridgehead atoms. The Labute approximate surface area is 141 Å². The number of thiophene rings is 1. The monoisotopic (exact) mass is 332 g/mol. The van der Waals surface area contributed by atoms with Crippen molar-refractivity contribution in [2.75, 3.05) is 19.6 Å². The average molecular weight is 332 g/mol. The summed E-state index contributed by atoms with van der Waals surface area (Å²) < 4.78 is 2.18. The summed E-state index contributed by atoms with van der Waals surface area (Å²) in [6.45, 7) is 4.65. The molecule has 6 heteroatoms. The second-order valence-electron chi connectivity index (χ2n) is 6.07. The fourth-order valence-electron chi connectivity index (χ4n) is 3.13.